The standard InChI is InChI=1S/C22H35N3O4.HI/c1-5-29-13-12-22(10-6-7-11-22)16-25-21(23-2)24-15-17-8-9-18(20(26)28-4)19(14-17)27-3;/h8-9,14H,5-7,10-13,15-16H2,1-4H3,(H2,23,24,25);1H. The molecule has 0 unspecified atom stereocenters. The van der Waals surface area contributed by atoms with Crippen molar-refractivity contribution in [3.63, 3.8) is 0 Å². The fraction of sp³-hybridized carbons (Fsp3) is 0.636. The first-order chi connectivity index (χ1) is 14.1. The Hall–Kier alpha value is -1.55. The van der Waals surface area contributed by atoms with E-state index in [2.05, 4.69) is 15.6 Å². The summed E-state index contributed by atoms with van der Waals surface area (Å²) in [4.78, 5) is 16.1. The van der Waals surface area contributed by atoms with Gasteiger partial charge in [0.2, 0.25) is 0 Å². The van der Waals surface area contributed by atoms with Crippen LogP contribution in [-0.2, 0) is 16.0 Å². The molecule has 1 aliphatic carbocycles. The Kier molecular flexibility index (Phi) is 12.1. The summed E-state index contributed by atoms with van der Waals surface area (Å²) in [5.74, 6) is 0.858. The summed E-state index contributed by atoms with van der Waals surface area (Å²) in [5, 5.41) is 6.84. The lowest BCUT2D eigenvalue weighted by molar-refractivity contribution is 0.0597. The minimum Gasteiger partial charge on any atom is -0.496 e. The molecule has 0 radical (unpaired) electrons. The van der Waals surface area contributed by atoms with Crippen LogP contribution in [0.5, 0.6) is 5.75 Å². The summed E-state index contributed by atoms with van der Waals surface area (Å²) >= 11 is 0. The highest BCUT2D eigenvalue weighted by molar-refractivity contribution is 14.0. The maximum absolute atomic E-state index is 11.8. The Morgan fingerprint density at radius 3 is 2.53 bits per heavy atom. The summed E-state index contributed by atoms with van der Waals surface area (Å²) < 4.78 is 15.7. The second kappa shape index (κ2) is 13.7. The zero-order valence-electron chi connectivity index (χ0n) is 18.6. The average molecular weight is 533 g/mol. The summed E-state index contributed by atoms with van der Waals surface area (Å²) in [6, 6.07) is 5.45. The molecule has 1 aromatic carbocycles. The molecule has 0 atom stereocenters. The molecule has 2 N–H and O–H groups in total. The number of hydrogen-bond acceptors (Lipinski definition) is 5. The Labute approximate surface area is 197 Å². The van der Waals surface area contributed by atoms with Crippen molar-refractivity contribution in [2.45, 2.75) is 45.6 Å². The van der Waals surface area contributed by atoms with E-state index in [1.807, 2.05) is 19.1 Å². The minimum absolute atomic E-state index is 0. The van der Waals surface area contributed by atoms with Crippen LogP contribution in [0.2, 0.25) is 0 Å². The fourth-order valence-electron chi connectivity index (χ4n) is 3.87. The van der Waals surface area contributed by atoms with Gasteiger partial charge in [0, 0.05) is 33.4 Å². The van der Waals surface area contributed by atoms with E-state index in [0.717, 1.165) is 37.7 Å². The van der Waals surface area contributed by atoms with Crippen LogP contribution < -0.4 is 15.4 Å². The third kappa shape index (κ3) is 7.61. The van der Waals surface area contributed by atoms with Gasteiger partial charge in [-0.25, -0.2) is 4.79 Å². The zero-order valence-corrected chi connectivity index (χ0v) is 20.9. The molecule has 30 heavy (non-hydrogen) atoms. The Balaban J connectivity index is 0.00000450. The Morgan fingerprint density at radius 2 is 1.93 bits per heavy atom. The number of esters is 1. The maximum Gasteiger partial charge on any atom is 0.341 e. The lowest BCUT2D eigenvalue weighted by Gasteiger charge is -2.30. The number of rotatable bonds is 10. The molecular formula is C22H36IN3O4. The normalized spacial score (nSPS) is 15.3. The predicted molar refractivity (Wildman–Crippen MR) is 130 cm³/mol. The van der Waals surface area contributed by atoms with Crippen LogP contribution in [0.3, 0.4) is 0 Å². The number of halogens is 1. The van der Waals surface area contributed by atoms with Gasteiger partial charge in [0.25, 0.3) is 0 Å². The van der Waals surface area contributed by atoms with Crippen molar-refractivity contribution < 1.29 is 19.0 Å². The highest BCUT2D eigenvalue weighted by Crippen LogP contribution is 2.40. The molecule has 0 aromatic heterocycles. The van der Waals surface area contributed by atoms with E-state index < -0.39 is 5.97 Å². The van der Waals surface area contributed by atoms with Gasteiger partial charge in [-0.2, -0.15) is 0 Å². The molecule has 0 bridgehead atoms. The molecule has 1 saturated carbocycles. The van der Waals surface area contributed by atoms with E-state index in [1.54, 1.807) is 20.2 Å². The van der Waals surface area contributed by atoms with Crippen LogP contribution in [0.25, 0.3) is 0 Å². The number of ether oxygens (including phenoxy) is 3. The van der Waals surface area contributed by atoms with Crippen molar-refractivity contribution in [2.75, 3.05) is 41.0 Å². The van der Waals surface area contributed by atoms with Gasteiger partial charge in [0.15, 0.2) is 5.96 Å². The molecule has 8 heteroatoms. The summed E-state index contributed by atoms with van der Waals surface area (Å²) in [6.45, 7) is 5.09. The van der Waals surface area contributed by atoms with E-state index in [9.17, 15) is 4.79 Å². The number of nitrogens with one attached hydrogen (secondary N) is 2. The zero-order chi connectivity index (χ0) is 21.1. The van der Waals surface area contributed by atoms with Gasteiger partial charge in [-0.05, 0) is 49.3 Å². The highest BCUT2D eigenvalue weighted by atomic mass is 127. The molecule has 1 aliphatic rings. The molecule has 170 valence electrons. The molecule has 2 rings (SSSR count). The largest absolute Gasteiger partial charge is 0.496 e. The van der Waals surface area contributed by atoms with Crippen molar-refractivity contribution >= 4 is 35.9 Å². The number of carbonyl (C=O) groups excluding carboxylic acids is 1. The number of methoxy groups -OCH3 is 2. The van der Waals surface area contributed by atoms with Gasteiger partial charge in [-0.15, -0.1) is 24.0 Å². The minimum atomic E-state index is -0.409. The number of nitrogens with zero attached hydrogens (tertiary/aromatic N) is 1. The third-order valence-corrected chi connectivity index (χ3v) is 5.63. The molecule has 1 fully saturated rings. The Morgan fingerprint density at radius 1 is 1.20 bits per heavy atom. The summed E-state index contributed by atoms with van der Waals surface area (Å²) in [6.07, 6.45) is 6.11. The molecular weight excluding hydrogens is 497 g/mol. The van der Waals surface area contributed by atoms with Crippen molar-refractivity contribution in [1.29, 1.82) is 0 Å². The van der Waals surface area contributed by atoms with Gasteiger partial charge in [-0.3, -0.25) is 4.99 Å². The van der Waals surface area contributed by atoms with Gasteiger partial charge >= 0.3 is 5.97 Å². The molecule has 0 spiro atoms. The summed E-state index contributed by atoms with van der Waals surface area (Å²) in [7, 11) is 4.68. The van der Waals surface area contributed by atoms with E-state index >= 15 is 0 Å². The van der Waals surface area contributed by atoms with Crippen LogP contribution in [0.4, 0.5) is 0 Å². The van der Waals surface area contributed by atoms with Gasteiger partial charge in [-0.1, -0.05) is 18.9 Å². The first-order valence-electron chi connectivity index (χ1n) is 10.3. The average Bonchev–Trinajstić information content (AvgIpc) is 3.22. The van der Waals surface area contributed by atoms with Crippen LogP contribution in [0.1, 0.15) is 54.9 Å². The quantitative estimate of drug-likeness (QED) is 0.157. The van der Waals surface area contributed by atoms with Crippen molar-refractivity contribution in [3.05, 3.63) is 29.3 Å². The third-order valence-electron chi connectivity index (χ3n) is 5.63. The number of hydrogen-bond donors (Lipinski definition) is 2. The number of aliphatic imine (C=N–C) groups is 1. The Bertz CT molecular complexity index is 691. The van der Waals surface area contributed by atoms with Crippen LogP contribution in [-0.4, -0.2) is 53.0 Å². The predicted octanol–water partition coefficient (Wildman–Crippen LogP) is 3.75. The topological polar surface area (TPSA) is 81.2 Å². The molecule has 7 nitrogen and oxygen atoms in total. The molecule has 0 amide bonds. The number of benzene rings is 1. The monoisotopic (exact) mass is 533 g/mol. The first-order valence-corrected chi connectivity index (χ1v) is 10.3. The van der Waals surface area contributed by atoms with Crippen LogP contribution in [0.15, 0.2) is 23.2 Å². The van der Waals surface area contributed by atoms with Crippen LogP contribution >= 0.6 is 24.0 Å². The number of carbonyl (C=O) groups is 1. The fourth-order valence-corrected chi connectivity index (χ4v) is 3.87. The highest BCUT2D eigenvalue weighted by Gasteiger charge is 2.33. The maximum atomic E-state index is 11.8. The van der Waals surface area contributed by atoms with Crippen molar-refractivity contribution in [3.8, 4) is 5.75 Å². The molecule has 0 aliphatic heterocycles. The van der Waals surface area contributed by atoms with E-state index in [4.69, 9.17) is 14.2 Å². The number of guanidine groups is 1. The van der Waals surface area contributed by atoms with Gasteiger partial charge in [0.1, 0.15) is 11.3 Å². The lowest BCUT2D eigenvalue weighted by Crippen LogP contribution is -2.43. The molecule has 0 heterocycles. The van der Waals surface area contributed by atoms with Crippen LogP contribution in [0, 0.1) is 5.41 Å². The molecule has 0 saturated heterocycles. The SMILES string of the molecule is CCOCCC1(CNC(=NC)NCc2ccc(C(=O)OC)c(OC)c2)CCCC1.I. The molecule has 1 aromatic rings. The van der Waals surface area contributed by atoms with E-state index in [0.29, 0.717) is 17.9 Å². The van der Waals surface area contributed by atoms with Crippen molar-refractivity contribution in [1.82, 2.24) is 10.6 Å². The second-order valence-electron chi connectivity index (χ2n) is 7.46. The second-order valence-corrected chi connectivity index (χ2v) is 7.46. The first kappa shape index (κ1) is 26.5. The smallest absolute Gasteiger partial charge is 0.341 e. The van der Waals surface area contributed by atoms with Crippen molar-refractivity contribution in [2.24, 2.45) is 10.4 Å². The van der Waals surface area contributed by atoms with Gasteiger partial charge < -0.3 is 24.8 Å². The van der Waals surface area contributed by atoms with E-state index in [1.165, 1.54) is 32.8 Å². The summed E-state index contributed by atoms with van der Waals surface area (Å²) in [5.41, 5.74) is 1.70. The van der Waals surface area contributed by atoms with Gasteiger partial charge in [0.05, 0.1) is 14.2 Å². The van der Waals surface area contributed by atoms with E-state index in [-0.39, 0.29) is 29.4 Å². The lowest BCUT2D eigenvalue weighted by atomic mass is 9.83.